The highest BCUT2D eigenvalue weighted by Crippen LogP contribution is 2.24. The molecule has 2 aromatic heterocycles. The summed E-state index contributed by atoms with van der Waals surface area (Å²) in [5.74, 6) is 0.716. The second-order valence-corrected chi connectivity index (χ2v) is 8.70. The number of guanidine groups is 1. The highest BCUT2D eigenvalue weighted by molar-refractivity contribution is 7.14. The van der Waals surface area contributed by atoms with E-state index in [2.05, 4.69) is 49.5 Å². The maximum atomic E-state index is 11.9. The van der Waals surface area contributed by atoms with Gasteiger partial charge in [-0.3, -0.25) is 4.79 Å². The third-order valence-electron chi connectivity index (χ3n) is 4.54. The minimum absolute atomic E-state index is 0.000242. The van der Waals surface area contributed by atoms with Crippen molar-refractivity contribution in [2.45, 2.75) is 25.4 Å². The highest BCUT2D eigenvalue weighted by Gasteiger charge is 2.21. The van der Waals surface area contributed by atoms with Crippen LogP contribution in [0.4, 0.5) is 5.00 Å². The van der Waals surface area contributed by atoms with Gasteiger partial charge in [0.05, 0.1) is 11.5 Å². The summed E-state index contributed by atoms with van der Waals surface area (Å²) in [4.78, 5) is 21.7. The molecule has 0 saturated carbocycles. The Morgan fingerprint density at radius 3 is 2.59 bits per heavy atom. The van der Waals surface area contributed by atoms with Crippen LogP contribution in [0.15, 0.2) is 40.0 Å². The molecule has 146 valence electrons. The van der Waals surface area contributed by atoms with Gasteiger partial charge in [-0.1, -0.05) is 6.07 Å². The summed E-state index contributed by atoms with van der Waals surface area (Å²) in [6.07, 6.45) is 2.11. The molecular formula is C19H27N5OS2. The molecule has 1 fully saturated rings. The van der Waals surface area contributed by atoms with Gasteiger partial charge in [-0.25, -0.2) is 4.99 Å². The van der Waals surface area contributed by atoms with Crippen molar-refractivity contribution >= 4 is 39.5 Å². The van der Waals surface area contributed by atoms with Gasteiger partial charge in [-0.2, -0.15) is 0 Å². The number of nitrogens with zero attached hydrogens (tertiary/aromatic N) is 3. The van der Waals surface area contributed by atoms with E-state index in [-0.39, 0.29) is 12.5 Å². The molecule has 1 saturated heterocycles. The van der Waals surface area contributed by atoms with Crippen molar-refractivity contribution in [2.75, 3.05) is 38.6 Å². The van der Waals surface area contributed by atoms with Gasteiger partial charge in [0.25, 0.3) is 0 Å². The fourth-order valence-electron chi connectivity index (χ4n) is 2.91. The fraction of sp³-hybridized carbons (Fsp3) is 0.474. The summed E-state index contributed by atoms with van der Waals surface area (Å²) in [6.45, 7) is 2.94. The van der Waals surface area contributed by atoms with Crippen molar-refractivity contribution in [1.29, 1.82) is 0 Å². The average Bonchev–Trinajstić information content (AvgIpc) is 3.38. The highest BCUT2D eigenvalue weighted by atomic mass is 32.1. The van der Waals surface area contributed by atoms with Crippen molar-refractivity contribution in [1.82, 2.24) is 15.5 Å². The molecule has 0 spiro atoms. The van der Waals surface area contributed by atoms with Crippen molar-refractivity contribution in [2.24, 2.45) is 4.99 Å². The molecule has 0 atom stereocenters. The van der Waals surface area contributed by atoms with Crippen LogP contribution in [0.25, 0.3) is 0 Å². The summed E-state index contributed by atoms with van der Waals surface area (Å²) in [5, 5.41) is 12.4. The predicted molar refractivity (Wildman–Crippen MR) is 115 cm³/mol. The lowest BCUT2D eigenvalue weighted by molar-refractivity contribution is -0.127. The van der Waals surface area contributed by atoms with Gasteiger partial charge < -0.3 is 20.4 Å². The molecule has 2 N–H and O–H groups in total. The minimum Gasteiger partial charge on any atom is -0.363 e. The second kappa shape index (κ2) is 9.75. The van der Waals surface area contributed by atoms with E-state index in [9.17, 15) is 4.79 Å². The number of likely N-dealkylation sites (N-methyl/N-ethyl adjacent to an activating group) is 1. The molecule has 0 unspecified atom stereocenters. The van der Waals surface area contributed by atoms with E-state index in [1.54, 1.807) is 41.7 Å². The normalized spacial score (nSPS) is 15.6. The molecule has 2 aromatic rings. The summed E-state index contributed by atoms with van der Waals surface area (Å²) in [6, 6.07) is 8.79. The van der Waals surface area contributed by atoms with E-state index < -0.39 is 0 Å². The number of carbonyl (C=O) groups excluding carboxylic acids is 1. The van der Waals surface area contributed by atoms with Gasteiger partial charge in [0, 0.05) is 38.1 Å². The molecule has 0 bridgehead atoms. The molecular weight excluding hydrogens is 378 g/mol. The molecule has 3 heterocycles. The Labute approximate surface area is 168 Å². The van der Waals surface area contributed by atoms with E-state index in [0.29, 0.717) is 18.5 Å². The zero-order valence-electron chi connectivity index (χ0n) is 15.9. The van der Waals surface area contributed by atoms with Crippen LogP contribution in [0, 0.1) is 0 Å². The zero-order valence-corrected chi connectivity index (χ0v) is 17.5. The molecule has 1 amide bonds. The second-order valence-electron chi connectivity index (χ2n) is 6.74. The lowest BCUT2D eigenvalue weighted by atomic mass is 10.1. The maximum Gasteiger partial charge on any atom is 0.243 e. The molecule has 0 radical (unpaired) electrons. The van der Waals surface area contributed by atoms with E-state index in [4.69, 9.17) is 0 Å². The fourth-order valence-corrected chi connectivity index (χ4v) is 4.34. The number of rotatable bonds is 6. The summed E-state index contributed by atoms with van der Waals surface area (Å²) < 4.78 is 0. The number of piperidine rings is 1. The van der Waals surface area contributed by atoms with E-state index in [1.165, 1.54) is 9.88 Å². The average molecular weight is 406 g/mol. The number of hydrogen-bond acceptors (Lipinski definition) is 5. The standard InChI is InChI=1S/C19H27N5OS2/c1-23(2)17(25)14-21-19(20-13-16-5-3-11-26-16)22-15-7-9-24(10-8-15)18-6-4-12-27-18/h3-6,11-12,15H,7-10,13-14H2,1-2H3,(H2,20,21,22). The van der Waals surface area contributed by atoms with Gasteiger partial charge in [-0.05, 0) is 41.8 Å². The van der Waals surface area contributed by atoms with Gasteiger partial charge in [0.1, 0.15) is 6.54 Å². The molecule has 8 heteroatoms. The molecule has 1 aliphatic rings. The van der Waals surface area contributed by atoms with Crippen molar-refractivity contribution in [3.8, 4) is 0 Å². The number of aliphatic imine (C=N–C) groups is 1. The Morgan fingerprint density at radius 1 is 1.22 bits per heavy atom. The number of hydrogen-bond donors (Lipinski definition) is 2. The van der Waals surface area contributed by atoms with Crippen LogP contribution in [0.2, 0.25) is 0 Å². The van der Waals surface area contributed by atoms with E-state index in [1.807, 2.05) is 6.07 Å². The summed E-state index contributed by atoms with van der Waals surface area (Å²) in [5.41, 5.74) is 0. The van der Waals surface area contributed by atoms with Gasteiger partial charge >= 0.3 is 0 Å². The number of nitrogens with one attached hydrogen (secondary N) is 2. The van der Waals surface area contributed by atoms with Crippen LogP contribution >= 0.6 is 22.7 Å². The number of thiophene rings is 2. The smallest absolute Gasteiger partial charge is 0.243 e. The van der Waals surface area contributed by atoms with Gasteiger partial charge in [-0.15, -0.1) is 22.7 Å². The Kier molecular flexibility index (Phi) is 7.11. The summed E-state index contributed by atoms with van der Waals surface area (Å²) >= 11 is 3.51. The number of carbonyl (C=O) groups is 1. The first-order chi connectivity index (χ1) is 13.1. The maximum absolute atomic E-state index is 11.9. The van der Waals surface area contributed by atoms with Crippen LogP contribution in [0.5, 0.6) is 0 Å². The molecule has 3 rings (SSSR count). The quantitative estimate of drug-likeness (QED) is 0.573. The van der Waals surface area contributed by atoms with Crippen molar-refractivity contribution < 1.29 is 4.79 Å². The topological polar surface area (TPSA) is 60.0 Å². The zero-order chi connectivity index (χ0) is 19.1. The van der Waals surface area contributed by atoms with E-state index in [0.717, 1.165) is 25.9 Å². The lowest BCUT2D eigenvalue weighted by Crippen LogP contribution is -2.48. The first kappa shape index (κ1) is 19.7. The molecule has 6 nitrogen and oxygen atoms in total. The Hall–Kier alpha value is -2.06. The third-order valence-corrected chi connectivity index (χ3v) is 6.34. The van der Waals surface area contributed by atoms with E-state index >= 15 is 0 Å². The largest absolute Gasteiger partial charge is 0.363 e. The Balaban J connectivity index is 1.55. The van der Waals surface area contributed by atoms with Crippen molar-refractivity contribution in [3.63, 3.8) is 0 Å². The van der Waals surface area contributed by atoms with Crippen molar-refractivity contribution in [3.05, 3.63) is 39.9 Å². The van der Waals surface area contributed by atoms with Crippen LogP contribution < -0.4 is 15.5 Å². The molecule has 1 aliphatic heterocycles. The molecule has 0 aliphatic carbocycles. The van der Waals surface area contributed by atoms with Crippen LogP contribution in [-0.2, 0) is 11.3 Å². The molecule has 0 aromatic carbocycles. The minimum atomic E-state index is -0.000242. The Morgan fingerprint density at radius 2 is 1.96 bits per heavy atom. The first-order valence-corrected chi connectivity index (χ1v) is 10.9. The molecule has 27 heavy (non-hydrogen) atoms. The lowest BCUT2D eigenvalue weighted by Gasteiger charge is -2.33. The monoisotopic (exact) mass is 405 g/mol. The van der Waals surface area contributed by atoms with Gasteiger partial charge in [0.2, 0.25) is 5.91 Å². The number of amides is 1. The Bertz CT molecular complexity index is 719. The predicted octanol–water partition coefficient (Wildman–Crippen LogP) is 2.60. The third kappa shape index (κ3) is 5.97. The number of anilines is 1. The van der Waals surface area contributed by atoms with Crippen LogP contribution in [-0.4, -0.2) is 56.5 Å². The van der Waals surface area contributed by atoms with Crippen LogP contribution in [0.3, 0.4) is 0 Å². The first-order valence-electron chi connectivity index (χ1n) is 9.17. The SMILES string of the molecule is CN(C)C(=O)CN=C(NCc1cccs1)NC1CCN(c2cccs2)CC1. The summed E-state index contributed by atoms with van der Waals surface area (Å²) in [7, 11) is 3.51. The van der Waals surface area contributed by atoms with Crippen LogP contribution in [0.1, 0.15) is 17.7 Å². The van der Waals surface area contributed by atoms with Gasteiger partial charge in [0.15, 0.2) is 5.96 Å².